The van der Waals surface area contributed by atoms with Crippen LogP contribution >= 0.6 is 0 Å². The Kier molecular flexibility index (Phi) is 8.94. The summed E-state index contributed by atoms with van der Waals surface area (Å²) in [6, 6.07) is 99.4. The molecule has 0 saturated carbocycles. The van der Waals surface area contributed by atoms with Crippen molar-refractivity contribution < 1.29 is 0 Å². The summed E-state index contributed by atoms with van der Waals surface area (Å²) in [7, 11) is 0. The highest BCUT2D eigenvalue weighted by Crippen LogP contribution is 2.63. The van der Waals surface area contributed by atoms with Crippen LogP contribution in [0.4, 0.5) is 0 Å². The molecule has 1 atom stereocenters. The lowest BCUT2D eigenvalue weighted by atomic mass is 9.70. The molecule has 1 aromatic heterocycles. The molecular weight excluding hydrogens is 831 g/mol. The van der Waals surface area contributed by atoms with Gasteiger partial charge in [0.05, 0.1) is 16.4 Å². The predicted molar refractivity (Wildman–Crippen MR) is 287 cm³/mol. The second-order valence-corrected chi connectivity index (χ2v) is 18.7. The highest BCUT2D eigenvalue weighted by atomic mass is 15.0. The molecule has 1 spiro atoms. The Balaban J connectivity index is 0.880. The van der Waals surface area contributed by atoms with Gasteiger partial charge < -0.3 is 4.57 Å². The van der Waals surface area contributed by atoms with Crippen molar-refractivity contribution in [1.29, 1.82) is 0 Å². The van der Waals surface area contributed by atoms with Gasteiger partial charge in [-0.3, -0.25) is 0 Å². The fraction of sp³-hybridized carbons (Fsp3) is 0.0294. The average molecular weight is 876 g/mol. The molecule has 0 saturated heterocycles. The Bertz CT molecular complexity index is 3870. The van der Waals surface area contributed by atoms with Crippen LogP contribution in [0.3, 0.4) is 0 Å². The van der Waals surface area contributed by atoms with Crippen LogP contribution in [0.25, 0.3) is 83.1 Å². The van der Waals surface area contributed by atoms with Gasteiger partial charge in [-0.2, -0.15) is 0 Å². The number of nitrogens with zero attached hydrogens (tertiary/aromatic N) is 1. The summed E-state index contributed by atoms with van der Waals surface area (Å²) < 4.78 is 2.38. The highest BCUT2D eigenvalue weighted by Gasteiger charge is 2.51. The summed E-state index contributed by atoms with van der Waals surface area (Å²) in [5.74, 6) is -0.00194. The Morgan fingerprint density at radius 2 is 0.696 bits per heavy atom. The maximum atomic E-state index is 2.55. The third-order valence-electron chi connectivity index (χ3n) is 15.2. The molecule has 0 radical (unpaired) electrons. The van der Waals surface area contributed by atoms with E-state index in [1.807, 2.05) is 0 Å². The van der Waals surface area contributed by atoms with E-state index in [9.17, 15) is 0 Å². The third kappa shape index (κ3) is 6.04. The quantitative estimate of drug-likeness (QED) is 0.141. The Labute approximate surface area is 402 Å². The first kappa shape index (κ1) is 39.4. The molecular formula is C68H45N. The molecule has 0 aliphatic heterocycles. The number of benzene rings is 11. The Hall–Kier alpha value is -8.78. The number of aromatic nitrogens is 1. The lowest BCUT2D eigenvalue weighted by Gasteiger charge is -2.31. The fourth-order valence-electron chi connectivity index (χ4n) is 12.1. The van der Waals surface area contributed by atoms with E-state index < -0.39 is 5.41 Å². The highest BCUT2D eigenvalue weighted by molar-refractivity contribution is 6.10. The van der Waals surface area contributed by atoms with Gasteiger partial charge in [-0.25, -0.2) is 0 Å². The molecule has 11 aromatic carbocycles. The molecule has 1 unspecified atom stereocenters. The van der Waals surface area contributed by atoms with Gasteiger partial charge in [-0.15, -0.1) is 0 Å². The summed E-state index contributed by atoms with van der Waals surface area (Å²) in [6.45, 7) is 0. The molecule has 0 N–H and O–H groups in total. The van der Waals surface area contributed by atoms with Crippen LogP contribution in [-0.2, 0) is 5.41 Å². The van der Waals surface area contributed by atoms with Crippen LogP contribution < -0.4 is 0 Å². The van der Waals surface area contributed by atoms with Crippen LogP contribution in [0, 0.1) is 0 Å². The topological polar surface area (TPSA) is 4.93 Å². The van der Waals surface area contributed by atoms with E-state index >= 15 is 0 Å². The van der Waals surface area contributed by atoms with Crippen molar-refractivity contribution >= 4 is 21.8 Å². The zero-order valence-corrected chi connectivity index (χ0v) is 37.9. The molecule has 2 aliphatic rings. The first-order valence-electron chi connectivity index (χ1n) is 24.1. The van der Waals surface area contributed by atoms with E-state index in [2.05, 4.69) is 271 Å². The van der Waals surface area contributed by atoms with Crippen LogP contribution in [0.5, 0.6) is 0 Å². The summed E-state index contributed by atoms with van der Waals surface area (Å²) in [5.41, 5.74) is 25.0. The number of hydrogen-bond acceptors (Lipinski definition) is 0. The van der Waals surface area contributed by atoms with E-state index in [0.29, 0.717) is 0 Å². The molecule has 12 aromatic rings. The molecule has 0 fully saturated rings. The lowest BCUT2D eigenvalue weighted by molar-refractivity contribution is 0.789. The van der Waals surface area contributed by atoms with Crippen LogP contribution in [0.2, 0.25) is 0 Å². The van der Waals surface area contributed by atoms with Crippen molar-refractivity contribution in [2.24, 2.45) is 0 Å². The second kappa shape index (κ2) is 15.7. The molecule has 14 rings (SSSR count). The first-order chi connectivity index (χ1) is 34.2. The normalized spacial score (nSPS) is 13.3. The predicted octanol–water partition coefficient (Wildman–Crippen LogP) is 17.3. The average Bonchev–Trinajstić information content (AvgIpc) is 4.03. The van der Waals surface area contributed by atoms with Crippen molar-refractivity contribution in [2.45, 2.75) is 11.3 Å². The van der Waals surface area contributed by atoms with Crippen molar-refractivity contribution in [1.82, 2.24) is 4.57 Å². The number of hydrogen-bond donors (Lipinski definition) is 0. The van der Waals surface area contributed by atoms with Gasteiger partial charge >= 0.3 is 0 Å². The van der Waals surface area contributed by atoms with Crippen molar-refractivity contribution in [3.8, 4) is 61.3 Å². The number of fused-ring (bicyclic) bond motifs is 13. The molecule has 322 valence electrons. The second-order valence-electron chi connectivity index (χ2n) is 18.7. The van der Waals surface area contributed by atoms with Gasteiger partial charge in [0.25, 0.3) is 0 Å². The van der Waals surface area contributed by atoms with E-state index in [4.69, 9.17) is 0 Å². The van der Waals surface area contributed by atoms with Gasteiger partial charge in [-0.05, 0) is 131 Å². The van der Waals surface area contributed by atoms with Crippen LogP contribution in [0.15, 0.2) is 267 Å². The standard InChI is InChI=1S/C68H45N/c1-3-16-45(17-4-1)46-30-34-48(35-31-46)67(53-38-40-58-57-24-9-13-28-63(57)68(64(58)44-53)61-26-11-7-22-55(61)56-23-8-12-27-62(56)68)49-36-32-47(33-37-49)50-18-15-19-51(42-50)52-39-41-66-60(43-52)59-25-10-14-29-65(59)69(66)54-20-5-2-6-21-54/h1-44,67H. The minimum atomic E-state index is -0.408. The SMILES string of the molecule is c1ccc(-c2ccc(C(c3ccc(-c4cccc(-c5ccc6c(c5)c5ccccc5n6-c5ccccc5)c4)cc3)c3ccc4c(c3)C3(c5ccccc5-c5ccccc53)c3ccccc3-4)cc2)cc1. The van der Waals surface area contributed by atoms with Gasteiger partial charge in [-0.1, -0.05) is 231 Å². The largest absolute Gasteiger partial charge is 0.309 e. The minimum Gasteiger partial charge on any atom is -0.309 e. The molecule has 1 nitrogen and oxygen atoms in total. The summed E-state index contributed by atoms with van der Waals surface area (Å²) in [6.07, 6.45) is 0. The molecule has 69 heavy (non-hydrogen) atoms. The number of rotatable bonds is 7. The molecule has 1 heterocycles. The van der Waals surface area contributed by atoms with E-state index in [-0.39, 0.29) is 5.92 Å². The number of para-hydroxylation sites is 2. The molecule has 0 amide bonds. The van der Waals surface area contributed by atoms with Crippen molar-refractivity contribution in [2.75, 3.05) is 0 Å². The van der Waals surface area contributed by atoms with Crippen molar-refractivity contribution in [3.63, 3.8) is 0 Å². The Morgan fingerprint density at radius 3 is 1.33 bits per heavy atom. The summed E-state index contributed by atoms with van der Waals surface area (Å²) in [5, 5.41) is 2.52. The smallest absolute Gasteiger partial charge is 0.0725 e. The molecule has 2 aliphatic carbocycles. The van der Waals surface area contributed by atoms with Gasteiger partial charge in [0.15, 0.2) is 0 Å². The van der Waals surface area contributed by atoms with Crippen LogP contribution in [-0.4, -0.2) is 4.57 Å². The van der Waals surface area contributed by atoms with Gasteiger partial charge in [0.2, 0.25) is 0 Å². The van der Waals surface area contributed by atoms with Crippen LogP contribution in [0.1, 0.15) is 44.9 Å². The summed E-state index contributed by atoms with van der Waals surface area (Å²) >= 11 is 0. The summed E-state index contributed by atoms with van der Waals surface area (Å²) in [4.78, 5) is 0. The molecule has 0 bridgehead atoms. The van der Waals surface area contributed by atoms with Gasteiger partial charge in [0, 0.05) is 22.4 Å². The lowest BCUT2D eigenvalue weighted by Crippen LogP contribution is -2.26. The minimum absolute atomic E-state index is 0.00194. The Morgan fingerprint density at radius 1 is 0.261 bits per heavy atom. The van der Waals surface area contributed by atoms with E-state index in [0.717, 1.165) is 0 Å². The van der Waals surface area contributed by atoms with E-state index in [1.54, 1.807) is 0 Å². The van der Waals surface area contributed by atoms with Crippen molar-refractivity contribution in [3.05, 3.63) is 306 Å². The maximum absolute atomic E-state index is 2.55. The zero-order valence-electron chi connectivity index (χ0n) is 37.9. The monoisotopic (exact) mass is 875 g/mol. The fourth-order valence-corrected chi connectivity index (χ4v) is 12.1. The first-order valence-corrected chi connectivity index (χ1v) is 24.1. The third-order valence-corrected chi connectivity index (χ3v) is 15.2. The zero-order chi connectivity index (χ0) is 45.5. The van der Waals surface area contributed by atoms with E-state index in [1.165, 1.54) is 122 Å². The molecule has 1 heteroatoms. The maximum Gasteiger partial charge on any atom is 0.0725 e. The van der Waals surface area contributed by atoms with Gasteiger partial charge in [0.1, 0.15) is 0 Å².